The number of aromatic nitrogens is 2. The third-order valence-corrected chi connectivity index (χ3v) is 4.29. The molecule has 5 nitrogen and oxygen atoms in total. The van der Waals surface area contributed by atoms with Crippen molar-refractivity contribution < 1.29 is 0 Å². The van der Waals surface area contributed by atoms with Crippen molar-refractivity contribution in [3.8, 4) is 0 Å². The molecule has 0 atom stereocenters. The highest BCUT2D eigenvalue weighted by molar-refractivity contribution is 5.30. The minimum absolute atomic E-state index is 0.367. The fraction of sp³-hybridized carbons (Fsp3) is 0.733. The molecule has 1 N–H and O–H groups in total. The SMILES string of the molecule is CCNc1cnc(CN(C)CC2(N(C)C)CCC2)cn1. The number of anilines is 1. The maximum Gasteiger partial charge on any atom is 0.144 e. The Morgan fingerprint density at radius 2 is 1.95 bits per heavy atom. The first-order chi connectivity index (χ1) is 9.55. The smallest absolute Gasteiger partial charge is 0.144 e. The van der Waals surface area contributed by atoms with Gasteiger partial charge in [-0.15, -0.1) is 0 Å². The monoisotopic (exact) mass is 277 g/mol. The van der Waals surface area contributed by atoms with Crippen LogP contribution in [0, 0.1) is 0 Å². The molecule has 0 bridgehead atoms. The molecule has 0 aromatic carbocycles. The first kappa shape index (κ1) is 15.2. The van der Waals surface area contributed by atoms with E-state index < -0.39 is 0 Å². The zero-order valence-corrected chi connectivity index (χ0v) is 13.2. The Kier molecular flexibility index (Phi) is 4.94. The van der Waals surface area contributed by atoms with Gasteiger partial charge >= 0.3 is 0 Å². The Bertz CT molecular complexity index is 411. The summed E-state index contributed by atoms with van der Waals surface area (Å²) >= 11 is 0. The number of rotatable bonds is 7. The molecule has 1 fully saturated rings. The summed E-state index contributed by atoms with van der Waals surface area (Å²) in [4.78, 5) is 13.6. The Morgan fingerprint density at radius 3 is 2.40 bits per heavy atom. The number of likely N-dealkylation sites (N-methyl/N-ethyl adjacent to an activating group) is 2. The zero-order chi connectivity index (χ0) is 14.6. The quantitative estimate of drug-likeness (QED) is 0.823. The van der Waals surface area contributed by atoms with Gasteiger partial charge in [0, 0.05) is 25.2 Å². The molecule has 1 saturated carbocycles. The van der Waals surface area contributed by atoms with Gasteiger partial charge in [-0.05, 0) is 47.3 Å². The minimum atomic E-state index is 0.367. The van der Waals surface area contributed by atoms with E-state index in [1.807, 2.05) is 12.4 Å². The molecule has 0 aliphatic heterocycles. The maximum atomic E-state index is 4.48. The third kappa shape index (κ3) is 3.46. The van der Waals surface area contributed by atoms with Crippen molar-refractivity contribution in [1.29, 1.82) is 0 Å². The van der Waals surface area contributed by atoms with Crippen LogP contribution in [0.4, 0.5) is 5.82 Å². The van der Waals surface area contributed by atoms with E-state index in [1.54, 1.807) is 0 Å². The van der Waals surface area contributed by atoms with Crippen molar-refractivity contribution in [1.82, 2.24) is 19.8 Å². The predicted octanol–water partition coefficient (Wildman–Crippen LogP) is 1.82. The van der Waals surface area contributed by atoms with Gasteiger partial charge in [-0.1, -0.05) is 0 Å². The number of nitrogens with one attached hydrogen (secondary N) is 1. The third-order valence-electron chi connectivity index (χ3n) is 4.29. The van der Waals surface area contributed by atoms with Crippen LogP contribution < -0.4 is 5.32 Å². The predicted molar refractivity (Wildman–Crippen MR) is 82.8 cm³/mol. The van der Waals surface area contributed by atoms with Crippen LogP contribution in [0.1, 0.15) is 31.9 Å². The average Bonchev–Trinajstić information content (AvgIpc) is 2.36. The average molecular weight is 277 g/mol. The second kappa shape index (κ2) is 6.50. The molecule has 0 unspecified atom stereocenters. The van der Waals surface area contributed by atoms with E-state index in [0.29, 0.717) is 5.54 Å². The van der Waals surface area contributed by atoms with Crippen LogP contribution in [0.2, 0.25) is 0 Å². The van der Waals surface area contributed by atoms with Crippen molar-refractivity contribution >= 4 is 5.82 Å². The van der Waals surface area contributed by atoms with Crippen LogP contribution in [0.25, 0.3) is 0 Å². The Morgan fingerprint density at radius 1 is 1.20 bits per heavy atom. The summed E-state index contributed by atoms with van der Waals surface area (Å²) in [7, 11) is 6.56. The summed E-state index contributed by atoms with van der Waals surface area (Å²) in [6, 6.07) is 0. The van der Waals surface area contributed by atoms with Gasteiger partial charge in [0.2, 0.25) is 0 Å². The summed E-state index contributed by atoms with van der Waals surface area (Å²) < 4.78 is 0. The molecule has 20 heavy (non-hydrogen) atoms. The molecule has 112 valence electrons. The van der Waals surface area contributed by atoms with E-state index >= 15 is 0 Å². The molecule has 1 aliphatic rings. The second-order valence-corrected chi connectivity index (χ2v) is 6.07. The van der Waals surface area contributed by atoms with Crippen molar-refractivity contribution in [2.45, 2.75) is 38.3 Å². The fourth-order valence-electron chi connectivity index (χ4n) is 2.88. The van der Waals surface area contributed by atoms with E-state index in [9.17, 15) is 0 Å². The van der Waals surface area contributed by atoms with Crippen LogP contribution >= 0.6 is 0 Å². The maximum absolute atomic E-state index is 4.48. The highest BCUT2D eigenvalue weighted by atomic mass is 15.2. The molecule has 1 aromatic rings. The molecular weight excluding hydrogens is 250 g/mol. The van der Waals surface area contributed by atoms with Gasteiger partial charge in [0.25, 0.3) is 0 Å². The lowest BCUT2D eigenvalue weighted by Gasteiger charge is -2.49. The molecular formula is C15H27N5. The van der Waals surface area contributed by atoms with Gasteiger partial charge in [0.15, 0.2) is 0 Å². The van der Waals surface area contributed by atoms with Crippen LogP contribution in [-0.4, -0.2) is 59.5 Å². The van der Waals surface area contributed by atoms with Crippen molar-refractivity contribution in [3.05, 3.63) is 18.1 Å². The van der Waals surface area contributed by atoms with Crippen LogP contribution in [-0.2, 0) is 6.54 Å². The molecule has 5 heteroatoms. The van der Waals surface area contributed by atoms with Gasteiger partial charge in [0.05, 0.1) is 18.1 Å². The first-order valence-electron chi connectivity index (χ1n) is 7.46. The van der Waals surface area contributed by atoms with E-state index in [4.69, 9.17) is 0 Å². The standard InChI is InChI=1S/C15H27N5/c1-5-16-14-10-17-13(9-18-14)11-20(4)12-15(19(2)3)7-6-8-15/h9-10H,5-8,11-12H2,1-4H3,(H,16,18). The summed E-state index contributed by atoms with van der Waals surface area (Å²) in [5, 5.41) is 3.17. The molecule has 1 heterocycles. The summed E-state index contributed by atoms with van der Waals surface area (Å²) in [5.74, 6) is 0.850. The first-order valence-corrected chi connectivity index (χ1v) is 7.46. The molecule has 1 aliphatic carbocycles. The van der Waals surface area contributed by atoms with Crippen LogP contribution in [0.5, 0.6) is 0 Å². The zero-order valence-electron chi connectivity index (χ0n) is 13.2. The van der Waals surface area contributed by atoms with Crippen molar-refractivity contribution in [3.63, 3.8) is 0 Å². The Labute approximate surface area is 122 Å². The lowest BCUT2D eigenvalue weighted by atomic mass is 9.75. The Balaban J connectivity index is 1.89. The molecule has 0 spiro atoms. The molecule has 0 saturated heterocycles. The molecule has 0 amide bonds. The van der Waals surface area contributed by atoms with E-state index in [1.165, 1.54) is 19.3 Å². The second-order valence-electron chi connectivity index (χ2n) is 6.07. The van der Waals surface area contributed by atoms with Gasteiger partial charge in [0.1, 0.15) is 5.82 Å². The van der Waals surface area contributed by atoms with Crippen molar-refractivity contribution in [2.24, 2.45) is 0 Å². The largest absolute Gasteiger partial charge is 0.369 e. The van der Waals surface area contributed by atoms with Gasteiger partial charge in [-0.3, -0.25) is 9.88 Å². The number of hydrogen-bond donors (Lipinski definition) is 1. The van der Waals surface area contributed by atoms with Gasteiger partial charge < -0.3 is 10.2 Å². The highest BCUT2D eigenvalue weighted by Gasteiger charge is 2.39. The summed E-state index contributed by atoms with van der Waals surface area (Å²) in [6.07, 6.45) is 7.64. The molecule has 1 aromatic heterocycles. The van der Waals surface area contributed by atoms with Crippen molar-refractivity contribution in [2.75, 3.05) is 39.5 Å². The number of nitrogens with zero attached hydrogens (tertiary/aromatic N) is 4. The lowest BCUT2D eigenvalue weighted by molar-refractivity contribution is 0.0256. The van der Waals surface area contributed by atoms with E-state index in [2.05, 4.69) is 53.2 Å². The van der Waals surface area contributed by atoms with E-state index in [0.717, 1.165) is 31.1 Å². The normalized spacial score (nSPS) is 17.3. The topological polar surface area (TPSA) is 44.3 Å². The lowest BCUT2D eigenvalue weighted by Crippen LogP contribution is -2.56. The van der Waals surface area contributed by atoms with Gasteiger partial charge in [-0.25, -0.2) is 4.98 Å². The summed E-state index contributed by atoms with van der Waals surface area (Å²) in [5.41, 5.74) is 1.40. The highest BCUT2D eigenvalue weighted by Crippen LogP contribution is 2.36. The van der Waals surface area contributed by atoms with E-state index in [-0.39, 0.29) is 0 Å². The molecule has 0 radical (unpaired) electrons. The van der Waals surface area contributed by atoms with Crippen LogP contribution in [0.3, 0.4) is 0 Å². The minimum Gasteiger partial charge on any atom is -0.369 e. The van der Waals surface area contributed by atoms with Crippen LogP contribution in [0.15, 0.2) is 12.4 Å². The number of hydrogen-bond acceptors (Lipinski definition) is 5. The fourth-order valence-corrected chi connectivity index (χ4v) is 2.88. The molecule has 2 rings (SSSR count). The van der Waals surface area contributed by atoms with Gasteiger partial charge in [-0.2, -0.15) is 0 Å². The summed E-state index contributed by atoms with van der Waals surface area (Å²) in [6.45, 7) is 4.88. The Hall–Kier alpha value is -1.20.